The third-order valence-electron chi connectivity index (χ3n) is 5.87. The standard InChI is InChI=1S/C30H30Cl2N2O3S/c1-4-7-22-14-21(16-26(36-6-3)28(22)37-18-20-10-13-24(31)25(32)15-20)17-27-29(35)34-30(38-27)33-23-11-8-19(5-2)9-12-23/h4,8-17,30,33H,1,5-7,18H2,2-3H3,(H,34,35)/b27-17-/t30-/m1/s1. The van der Waals surface area contributed by atoms with E-state index in [4.69, 9.17) is 32.7 Å². The van der Waals surface area contributed by atoms with Crippen molar-refractivity contribution in [3.05, 3.63) is 104 Å². The van der Waals surface area contributed by atoms with Gasteiger partial charge in [0.1, 0.15) is 6.61 Å². The molecule has 0 spiro atoms. The predicted octanol–water partition coefficient (Wildman–Crippen LogP) is 7.86. The number of rotatable bonds is 11. The van der Waals surface area contributed by atoms with Gasteiger partial charge in [-0.15, -0.1) is 6.58 Å². The molecule has 0 aromatic heterocycles. The van der Waals surface area contributed by atoms with Crippen molar-refractivity contribution in [1.82, 2.24) is 5.32 Å². The summed E-state index contributed by atoms with van der Waals surface area (Å²) in [5, 5.41) is 7.33. The first-order valence-electron chi connectivity index (χ1n) is 12.4. The first-order chi connectivity index (χ1) is 18.4. The number of benzene rings is 3. The number of aryl methyl sites for hydroxylation is 1. The number of allylic oxidation sites excluding steroid dienone is 1. The first kappa shape index (κ1) is 28.0. The Morgan fingerprint density at radius 1 is 1.03 bits per heavy atom. The van der Waals surface area contributed by atoms with Crippen LogP contribution in [0, 0.1) is 0 Å². The van der Waals surface area contributed by atoms with Gasteiger partial charge in [0.15, 0.2) is 17.0 Å². The van der Waals surface area contributed by atoms with Gasteiger partial charge >= 0.3 is 0 Å². The summed E-state index contributed by atoms with van der Waals surface area (Å²) in [6.45, 7) is 8.71. The van der Waals surface area contributed by atoms with Crippen molar-refractivity contribution in [2.75, 3.05) is 11.9 Å². The monoisotopic (exact) mass is 568 g/mol. The number of thioether (sulfide) groups is 1. The minimum atomic E-state index is -0.256. The van der Waals surface area contributed by atoms with E-state index in [2.05, 4.69) is 36.3 Å². The number of amides is 1. The highest BCUT2D eigenvalue weighted by Gasteiger charge is 2.27. The zero-order valence-corrected chi connectivity index (χ0v) is 23.7. The van der Waals surface area contributed by atoms with Crippen LogP contribution in [0.5, 0.6) is 11.5 Å². The molecule has 1 aliphatic heterocycles. The summed E-state index contributed by atoms with van der Waals surface area (Å²) in [4.78, 5) is 13.4. The maximum atomic E-state index is 12.7. The number of carbonyl (C=O) groups is 1. The van der Waals surface area contributed by atoms with E-state index in [9.17, 15) is 4.79 Å². The first-order valence-corrected chi connectivity index (χ1v) is 14.1. The zero-order valence-electron chi connectivity index (χ0n) is 21.4. The van der Waals surface area contributed by atoms with Gasteiger partial charge in [-0.05, 0) is 78.9 Å². The molecule has 0 radical (unpaired) electrons. The van der Waals surface area contributed by atoms with Crippen molar-refractivity contribution in [2.45, 2.75) is 38.8 Å². The minimum Gasteiger partial charge on any atom is -0.490 e. The van der Waals surface area contributed by atoms with Crippen molar-refractivity contribution in [1.29, 1.82) is 0 Å². The highest BCUT2D eigenvalue weighted by atomic mass is 35.5. The van der Waals surface area contributed by atoms with Crippen LogP contribution in [0.2, 0.25) is 10.0 Å². The van der Waals surface area contributed by atoms with Crippen molar-refractivity contribution in [3.8, 4) is 11.5 Å². The average Bonchev–Trinajstić information content (AvgIpc) is 3.24. The van der Waals surface area contributed by atoms with E-state index in [-0.39, 0.29) is 11.4 Å². The fraction of sp³-hybridized carbons (Fsp3) is 0.233. The fourth-order valence-corrected chi connectivity index (χ4v) is 5.30. The summed E-state index contributed by atoms with van der Waals surface area (Å²) in [5.74, 6) is 1.12. The molecule has 38 heavy (non-hydrogen) atoms. The van der Waals surface area contributed by atoms with Crippen LogP contribution < -0.4 is 20.1 Å². The fourth-order valence-electron chi connectivity index (χ4n) is 3.99. The van der Waals surface area contributed by atoms with Crippen LogP contribution in [0.3, 0.4) is 0 Å². The Hall–Kier alpha value is -3.06. The van der Waals surface area contributed by atoms with Gasteiger partial charge in [0.2, 0.25) is 0 Å². The lowest BCUT2D eigenvalue weighted by atomic mass is 10.0. The van der Waals surface area contributed by atoms with Gasteiger partial charge in [0, 0.05) is 11.3 Å². The molecule has 0 bridgehead atoms. The number of hydrogen-bond donors (Lipinski definition) is 2. The molecule has 0 aliphatic carbocycles. The van der Waals surface area contributed by atoms with Crippen molar-refractivity contribution in [3.63, 3.8) is 0 Å². The molecule has 1 amide bonds. The second kappa shape index (κ2) is 13.1. The molecule has 0 unspecified atom stereocenters. The molecule has 198 valence electrons. The van der Waals surface area contributed by atoms with Gasteiger partial charge < -0.3 is 20.1 Å². The zero-order chi connectivity index (χ0) is 27.1. The lowest BCUT2D eigenvalue weighted by Crippen LogP contribution is -2.30. The van der Waals surface area contributed by atoms with E-state index in [1.807, 2.05) is 49.4 Å². The van der Waals surface area contributed by atoms with E-state index in [1.54, 1.807) is 12.1 Å². The Balaban J connectivity index is 1.55. The van der Waals surface area contributed by atoms with Crippen LogP contribution in [0.1, 0.15) is 36.1 Å². The van der Waals surface area contributed by atoms with Gasteiger partial charge in [-0.1, -0.05) is 66.2 Å². The molecular formula is C30H30Cl2N2O3S. The largest absolute Gasteiger partial charge is 0.490 e. The Morgan fingerprint density at radius 2 is 1.79 bits per heavy atom. The molecular weight excluding hydrogens is 539 g/mol. The van der Waals surface area contributed by atoms with Crippen LogP contribution in [-0.4, -0.2) is 18.0 Å². The lowest BCUT2D eigenvalue weighted by molar-refractivity contribution is -0.116. The maximum absolute atomic E-state index is 12.7. The van der Waals surface area contributed by atoms with Crippen molar-refractivity contribution >= 4 is 52.6 Å². The van der Waals surface area contributed by atoms with Gasteiger partial charge in [-0.3, -0.25) is 4.79 Å². The molecule has 1 fully saturated rings. The maximum Gasteiger partial charge on any atom is 0.260 e. The van der Waals surface area contributed by atoms with E-state index in [0.29, 0.717) is 46.1 Å². The topological polar surface area (TPSA) is 59.6 Å². The third-order valence-corrected chi connectivity index (χ3v) is 7.64. The van der Waals surface area contributed by atoms with Crippen LogP contribution in [0.15, 0.2) is 72.2 Å². The van der Waals surface area contributed by atoms with Crippen molar-refractivity contribution < 1.29 is 14.3 Å². The van der Waals surface area contributed by atoms with E-state index in [1.165, 1.54) is 17.3 Å². The summed E-state index contributed by atoms with van der Waals surface area (Å²) < 4.78 is 12.2. The van der Waals surface area contributed by atoms with Gasteiger partial charge in [0.05, 0.1) is 21.6 Å². The molecule has 1 aliphatic rings. The summed E-state index contributed by atoms with van der Waals surface area (Å²) in [6, 6.07) is 17.5. The highest BCUT2D eigenvalue weighted by molar-refractivity contribution is 8.05. The summed E-state index contributed by atoms with van der Waals surface area (Å²) in [5.41, 5.74) is 4.61. The number of hydrogen-bond acceptors (Lipinski definition) is 5. The summed E-state index contributed by atoms with van der Waals surface area (Å²) in [6.07, 6.45) is 5.25. The molecule has 3 aromatic rings. The molecule has 2 N–H and O–H groups in total. The van der Waals surface area contributed by atoms with Crippen molar-refractivity contribution in [2.24, 2.45) is 0 Å². The van der Waals surface area contributed by atoms with Crippen LogP contribution >= 0.6 is 35.0 Å². The average molecular weight is 570 g/mol. The van der Waals surface area contributed by atoms with Crippen LogP contribution in [-0.2, 0) is 24.2 Å². The highest BCUT2D eigenvalue weighted by Crippen LogP contribution is 2.37. The van der Waals surface area contributed by atoms with Gasteiger partial charge in [-0.2, -0.15) is 0 Å². The molecule has 8 heteroatoms. The summed E-state index contributed by atoms with van der Waals surface area (Å²) >= 11 is 13.7. The lowest BCUT2D eigenvalue weighted by Gasteiger charge is -2.17. The normalized spacial score (nSPS) is 15.8. The van der Waals surface area contributed by atoms with E-state index < -0.39 is 0 Å². The van der Waals surface area contributed by atoms with Crippen LogP contribution in [0.25, 0.3) is 6.08 Å². The van der Waals surface area contributed by atoms with Crippen LogP contribution in [0.4, 0.5) is 5.69 Å². The molecule has 4 rings (SSSR count). The minimum absolute atomic E-state index is 0.124. The quantitative estimate of drug-likeness (QED) is 0.182. The number of carbonyl (C=O) groups excluding carboxylic acids is 1. The Kier molecular flexibility index (Phi) is 9.67. The van der Waals surface area contributed by atoms with Gasteiger partial charge in [-0.25, -0.2) is 0 Å². The molecule has 1 atom stereocenters. The smallest absolute Gasteiger partial charge is 0.260 e. The van der Waals surface area contributed by atoms with E-state index in [0.717, 1.165) is 28.8 Å². The Bertz CT molecular complexity index is 1340. The number of ether oxygens (including phenoxy) is 2. The Morgan fingerprint density at radius 3 is 2.47 bits per heavy atom. The number of nitrogens with one attached hydrogen (secondary N) is 2. The van der Waals surface area contributed by atoms with E-state index >= 15 is 0 Å². The number of halogens is 2. The van der Waals surface area contributed by atoms with Gasteiger partial charge in [0.25, 0.3) is 5.91 Å². The molecule has 1 heterocycles. The number of anilines is 1. The second-order valence-corrected chi connectivity index (χ2v) is 10.6. The summed E-state index contributed by atoms with van der Waals surface area (Å²) in [7, 11) is 0. The molecule has 5 nitrogen and oxygen atoms in total. The predicted molar refractivity (Wildman–Crippen MR) is 159 cm³/mol. The second-order valence-electron chi connectivity index (χ2n) is 8.64. The third kappa shape index (κ3) is 7.07. The molecule has 3 aromatic carbocycles. The SMILES string of the molecule is C=CCc1cc(/C=C2\S[C@H](Nc3ccc(CC)cc3)NC2=O)cc(OCC)c1OCc1ccc(Cl)c(Cl)c1. The molecule has 0 saturated carbocycles. The molecule has 1 saturated heterocycles. The Labute approximate surface area is 238 Å².